The van der Waals surface area contributed by atoms with Gasteiger partial charge in [-0.1, -0.05) is 20.8 Å². The van der Waals surface area contributed by atoms with Crippen LogP contribution in [-0.2, 0) is 5.54 Å². The number of halogens is 1. The van der Waals surface area contributed by atoms with Gasteiger partial charge in [-0.15, -0.1) is 11.6 Å². The normalized spacial score (nSPS) is 14.7. The molecule has 0 fully saturated rings. The van der Waals surface area contributed by atoms with Crippen LogP contribution in [0.15, 0.2) is 12.1 Å². The standard InChI is InChI=1S/C17H26ClN3/c1-11-8-9-13-15(19-11)21(14(20-13)12(2)18)17(6,7)10-16(3,4)5/h8-9,12H,10H2,1-7H3. The first-order valence-corrected chi connectivity index (χ1v) is 7.95. The molecule has 21 heavy (non-hydrogen) atoms. The highest BCUT2D eigenvalue weighted by Gasteiger charge is 2.32. The van der Waals surface area contributed by atoms with Gasteiger partial charge in [0.25, 0.3) is 0 Å². The Balaban J connectivity index is 2.70. The van der Waals surface area contributed by atoms with Crippen molar-refractivity contribution in [1.29, 1.82) is 0 Å². The van der Waals surface area contributed by atoms with Gasteiger partial charge in [-0.2, -0.15) is 0 Å². The molecule has 2 heterocycles. The Labute approximate surface area is 132 Å². The van der Waals surface area contributed by atoms with E-state index in [1.54, 1.807) is 0 Å². The topological polar surface area (TPSA) is 30.7 Å². The van der Waals surface area contributed by atoms with Gasteiger partial charge in [0, 0.05) is 11.2 Å². The second kappa shape index (κ2) is 5.28. The Morgan fingerprint density at radius 3 is 2.29 bits per heavy atom. The summed E-state index contributed by atoms with van der Waals surface area (Å²) in [6.07, 6.45) is 1.03. The summed E-state index contributed by atoms with van der Waals surface area (Å²) in [4.78, 5) is 9.43. The maximum Gasteiger partial charge on any atom is 0.160 e. The summed E-state index contributed by atoms with van der Waals surface area (Å²) in [5, 5.41) is -0.140. The van der Waals surface area contributed by atoms with Crippen molar-refractivity contribution in [3.8, 4) is 0 Å². The number of rotatable bonds is 3. The fourth-order valence-corrected chi connectivity index (χ4v) is 3.46. The van der Waals surface area contributed by atoms with E-state index < -0.39 is 0 Å². The fourth-order valence-electron chi connectivity index (χ4n) is 3.31. The molecule has 0 bridgehead atoms. The molecule has 3 nitrogen and oxygen atoms in total. The van der Waals surface area contributed by atoms with Crippen LogP contribution in [0.4, 0.5) is 0 Å². The Kier molecular flexibility index (Phi) is 4.09. The Morgan fingerprint density at radius 1 is 1.14 bits per heavy atom. The minimum Gasteiger partial charge on any atom is -0.306 e. The highest BCUT2D eigenvalue weighted by atomic mass is 35.5. The van der Waals surface area contributed by atoms with Crippen molar-refractivity contribution in [2.45, 2.75) is 65.8 Å². The lowest BCUT2D eigenvalue weighted by Crippen LogP contribution is -2.33. The maximum atomic E-state index is 6.39. The van der Waals surface area contributed by atoms with Gasteiger partial charge in [-0.05, 0) is 51.7 Å². The van der Waals surface area contributed by atoms with E-state index in [0.29, 0.717) is 0 Å². The first-order valence-electron chi connectivity index (χ1n) is 7.52. The van der Waals surface area contributed by atoms with Gasteiger partial charge in [0.05, 0.1) is 5.38 Å². The molecule has 0 aliphatic heterocycles. The number of alkyl halides is 1. The molecule has 0 aliphatic carbocycles. The van der Waals surface area contributed by atoms with E-state index in [2.05, 4.69) is 39.2 Å². The predicted molar refractivity (Wildman–Crippen MR) is 89.9 cm³/mol. The van der Waals surface area contributed by atoms with Crippen molar-refractivity contribution in [3.63, 3.8) is 0 Å². The Morgan fingerprint density at radius 2 is 1.76 bits per heavy atom. The largest absolute Gasteiger partial charge is 0.306 e. The number of nitrogens with zero attached hydrogens (tertiary/aromatic N) is 3. The maximum absolute atomic E-state index is 6.39. The van der Waals surface area contributed by atoms with Crippen molar-refractivity contribution in [3.05, 3.63) is 23.7 Å². The SMILES string of the molecule is Cc1ccc2nc(C(C)Cl)n(C(C)(C)CC(C)(C)C)c2n1. The number of pyridine rings is 1. The van der Waals surface area contributed by atoms with Gasteiger partial charge in [0.2, 0.25) is 0 Å². The average Bonchev–Trinajstić information content (AvgIpc) is 2.64. The highest BCUT2D eigenvalue weighted by molar-refractivity contribution is 6.20. The minimum atomic E-state index is -0.140. The second-order valence-corrected chi connectivity index (χ2v) is 8.42. The third kappa shape index (κ3) is 3.39. The summed E-state index contributed by atoms with van der Waals surface area (Å²) in [5.41, 5.74) is 2.99. The molecule has 0 aliphatic rings. The summed E-state index contributed by atoms with van der Waals surface area (Å²) in [7, 11) is 0. The van der Waals surface area contributed by atoms with E-state index in [1.807, 2.05) is 26.0 Å². The van der Waals surface area contributed by atoms with E-state index in [9.17, 15) is 0 Å². The number of fused-ring (bicyclic) bond motifs is 1. The second-order valence-electron chi connectivity index (χ2n) is 7.77. The molecule has 1 unspecified atom stereocenters. The minimum absolute atomic E-state index is 0.0910. The third-order valence-corrected chi connectivity index (χ3v) is 3.79. The van der Waals surface area contributed by atoms with E-state index in [0.717, 1.165) is 29.1 Å². The zero-order valence-electron chi connectivity index (χ0n) is 14.2. The van der Waals surface area contributed by atoms with Gasteiger partial charge < -0.3 is 4.57 Å². The molecular weight excluding hydrogens is 282 g/mol. The zero-order chi connectivity index (χ0) is 16.0. The molecule has 0 aromatic carbocycles. The van der Waals surface area contributed by atoms with Crippen LogP contribution in [0.3, 0.4) is 0 Å². The lowest BCUT2D eigenvalue weighted by Gasteiger charge is -2.35. The summed E-state index contributed by atoms with van der Waals surface area (Å²) >= 11 is 6.39. The van der Waals surface area contributed by atoms with E-state index in [4.69, 9.17) is 21.6 Å². The first-order chi connectivity index (χ1) is 9.51. The molecule has 2 rings (SSSR count). The van der Waals surface area contributed by atoms with E-state index in [1.165, 1.54) is 0 Å². The van der Waals surface area contributed by atoms with Crippen molar-refractivity contribution in [2.24, 2.45) is 5.41 Å². The summed E-state index contributed by atoms with van der Waals surface area (Å²) in [6.45, 7) is 15.2. The van der Waals surface area contributed by atoms with E-state index >= 15 is 0 Å². The molecule has 1 atom stereocenters. The average molecular weight is 308 g/mol. The molecule has 0 saturated carbocycles. The number of aryl methyl sites for hydroxylation is 1. The molecule has 0 radical (unpaired) electrons. The number of hydrogen-bond acceptors (Lipinski definition) is 2. The molecule has 2 aromatic rings. The fraction of sp³-hybridized carbons (Fsp3) is 0.647. The Bertz CT molecular complexity index is 648. The van der Waals surface area contributed by atoms with Gasteiger partial charge in [0.15, 0.2) is 5.65 Å². The van der Waals surface area contributed by atoms with Crippen LogP contribution in [-0.4, -0.2) is 14.5 Å². The molecule has 0 saturated heterocycles. The van der Waals surface area contributed by atoms with Gasteiger partial charge in [-0.25, -0.2) is 9.97 Å². The van der Waals surface area contributed by atoms with Gasteiger partial charge >= 0.3 is 0 Å². The van der Waals surface area contributed by atoms with Gasteiger partial charge in [-0.3, -0.25) is 0 Å². The Hall–Kier alpha value is -1.09. The summed E-state index contributed by atoms with van der Waals surface area (Å²) in [5.74, 6) is 0.902. The van der Waals surface area contributed by atoms with Crippen molar-refractivity contribution < 1.29 is 0 Å². The van der Waals surface area contributed by atoms with Crippen LogP contribution < -0.4 is 0 Å². The van der Waals surface area contributed by atoms with Crippen LogP contribution in [0.5, 0.6) is 0 Å². The van der Waals surface area contributed by atoms with Crippen LogP contribution in [0.1, 0.15) is 64.9 Å². The van der Waals surface area contributed by atoms with Crippen molar-refractivity contribution >= 4 is 22.8 Å². The van der Waals surface area contributed by atoms with Gasteiger partial charge in [0.1, 0.15) is 11.3 Å². The third-order valence-electron chi connectivity index (χ3n) is 3.59. The predicted octanol–water partition coefficient (Wildman–Crippen LogP) is 5.21. The first kappa shape index (κ1) is 16.3. The molecular formula is C17H26ClN3. The number of imidazole rings is 1. The van der Waals surface area contributed by atoms with Crippen molar-refractivity contribution in [1.82, 2.24) is 14.5 Å². The number of aromatic nitrogens is 3. The van der Waals surface area contributed by atoms with Crippen LogP contribution in [0.2, 0.25) is 0 Å². The van der Waals surface area contributed by atoms with E-state index in [-0.39, 0.29) is 16.3 Å². The molecule has 4 heteroatoms. The van der Waals surface area contributed by atoms with Crippen LogP contribution in [0, 0.1) is 12.3 Å². The summed E-state index contributed by atoms with van der Waals surface area (Å²) < 4.78 is 2.23. The quantitative estimate of drug-likeness (QED) is 0.729. The van der Waals surface area contributed by atoms with Crippen LogP contribution >= 0.6 is 11.6 Å². The lowest BCUT2D eigenvalue weighted by molar-refractivity contribution is 0.214. The molecule has 0 amide bonds. The highest BCUT2D eigenvalue weighted by Crippen LogP contribution is 2.37. The van der Waals surface area contributed by atoms with Crippen molar-refractivity contribution in [2.75, 3.05) is 0 Å². The van der Waals surface area contributed by atoms with Crippen LogP contribution in [0.25, 0.3) is 11.2 Å². The molecule has 2 aromatic heterocycles. The molecule has 116 valence electrons. The number of hydrogen-bond donors (Lipinski definition) is 0. The molecule has 0 spiro atoms. The molecule has 0 N–H and O–H groups in total. The smallest absolute Gasteiger partial charge is 0.160 e. The lowest BCUT2D eigenvalue weighted by atomic mass is 9.81. The summed E-state index contributed by atoms with van der Waals surface area (Å²) in [6, 6.07) is 4.03. The zero-order valence-corrected chi connectivity index (χ0v) is 14.9. The monoisotopic (exact) mass is 307 g/mol.